The zero-order chi connectivity index (χ0) is 17.5. The molecule has 0 saturated carbocycles. The first-order valence-corrected chi connectivity index (χ1v) is 9.60. The molecule has 2 fully saturated rings. The van der Waals surface area contributed by atoms with Crippen molar-refractivity contribution >= 4 is 6.03 Å². The first-order valence-electron chi connectivity index (χ1n) is 9.60. The van der Waals surface area contributed by atoms with Crippen molar-refractivity contribution in [1.82, 2.24) is 15.1 Å². The van der Waals surface area contributed by atoms with Crippen LogP contribution in [0.4, 0.5) is 4.79 Å². The Bertz CT molecular complexity index is 537. The second-order valence-corrected chi connectivity index (χ2v) is 7.26. The largest absolute Gasteiger partial charge is 0.377 e. The molecule has 2 amide bonds. The number of nitrogens with one attached hydrogen (secondary N) is 1. The Hall–Kier alpha value is -1.59. The molecule has 0 aliphatic carbocycles. The Labute approximate surface area is 151 Å². The predicted octanol–water partition coefficient (Wildman–Crippen LogP) is 2.86. The number of likely N-dealkylation sites (tertiary alicyclic amines) is 1. The molecule has 2 saturated heterocycles. The smallest absolute Gasteiger partial charge is 0.317 e. The van der Waals surface area contributed by atoms with Gasteiger partial charge in [0.05, 0.1) is 6.61 Å². The topological polar surface area (TPSA) is 44.8 Å². The molecule has 1 N–H and O–H groups in total. The minimum atomic E-state index is 0.103. The maximum Gasteiger partial charge on any atom is 0.317 e. The molecule has 5 heteroatoms. The number of benzene rings is 1. The Morgan fingerprint density at radius 3 is 2.80 bits per heavy atom. The Morgan fingerprint density at radius 1 is 1.16 bits per heavy atom. The number of rotatable bonds is 7. The number of ether oxygens (including phenoxy) is 1. The number of likely N-dealkylation sites (N-methyl/N-ethyl adjacent to an activating group) is 1. The molecule has 0 spiro atoms. The van der Waals surface area contributed by atoms with E-state index in [0.29, 0.717) is 18.7 Å². The Balaban J connectivity index is 1.26. The molecule has 2 heterocycles. The lowest BCUT2D eigenvalue weighted by molar-refractivity contribution is 0.117. The van der Waals surface area contributed by atoms with Gasteiger partial charge in [-0.3, -0.25) is 4.90 Å². The van der Waals surface area contributed by atoms with Gasteiger partial charge in [-0.15, -0.1) is 0 Å². The van der Waals surface area contributed by atoms with Crippen molar-refractivity contribution in [2.45, 2.75) is 50.8 Å². The first-order chi connectivity index (χ1) is 12.2. The van der Waals surface area contributed by atoms with Gasteiger partial charge in [0.1, 0.15) is 0 Å². The third kappa shape index (κ3) is 5.19. The number of fused-ring (bicyclic) bond motifs is 2. The summed E-state index contributed by atoms with van der Waals surface area (Å²) < 4.78 is 5.68. The summed E-state index contributed by atoms with van der Waals surface area (Å²) >= 11 is 0. The van der Waals surface area contributed by atoms with E-state index >= 15 is 0 Å². The average Bonchev–Trinajstić information content (AvgIpc) is 2.87. The van der Waals surface area contributed by atoms with Gasteiger partial charge in [-0.1, -0.05) is 30.3 Å². The van der Waals surface area contributed by atoms with Gasteiger partial charge in [0.15, 0.2) is 0 Å². The van der Waals surface area contributed by atoms with Crippen LogP contribution in [0.25, 0.3) is 0 Å². The fraction of sp³-hybridized carbons (Fsp3) is 0.650. The summed E-state index contributed by atoms with van der Waals surface area (Å²) in [6.07, 6.45) is 5.55. The molecule has 5 nitrogen and oxygen atoms in total. The molecule has 2 aliphatic heterocycles. The van der Waals surface area contributed by atoms with Crippen molar-refractivity contribution in [1.29, 1.82) is 0 Å². The van der Waals surface area contributed by atoms with Crippen LogP contribution in [0.2, 0.25) is 0 Å². The number of hydrogen-bond donors (Lipinski definition) is 1. The van der Waals surface area contributed by atoms with E-state index in [4.69, 9.17) is 4.74 Å². The normalized spacial score (nSPS) is 23.5. The number of carbonyl (C=O) groups is 1. The van der Waals surface area contributed by atoms with Crippen molar-refractivity contribution in [3.05, 3.63) is 35.9 Å². The standard InChI is InChI=1S/C20H31N3O2/c1-22-18-9-10-19(22)15-23(13-11-18)20(24)21-12-5-6-14-25-16-17-7-3-2-4-8-17/h2-4,7-8,18-19H,5-6,9-16H2,1H3,(H,21,24). The number of nitrogens with zero attached hydrogens (tertiary/aromatic N) is 2. The third-order valence-corrected chi connectivity index (χ3v) is 5.54. The number of unbranched alkanes of at least 4 members (excludes halogenated alkanes) is 1. The summed E-state index contributed by atoms with van der Waals surface area (Å²) in [5.41, 5.74) is 1.20. The summed E-state index contributed by atoms with van der Waals surface area (Å²) in [6.45, 7) is 3.89. The van der Waals surface area contributed by atoms with Crippen molar-refractivity contribution in [2.75, 3.05) is 33.3 Å². The van der Waals surface area contributed by atoms with E-state index in [0.717, 1.165) is 45.5 Å². The molecule has 1 aromatic rings. The molecule has 25 heavy (non-hydrogen) atoms. The highest BCUT2D eigenvalue weighted by Crippen LogP contribution is 2.28. The first kappa shape index (κ1) is 18.2. The summed E-state index contributed by atoms with van der Waals surface area (Å²) in [5, 5.41) is 3.08. The molecule has 2 atom stereocenters. The van der Waals surface area contributed by atoms with Crippen molar-refractivity contribution in [3.8, 4) is 0 Å². The third-order valence-electron chi connectivity index (χ3n) is 5.54. The molecule has 0 radical (unpaired) electrons. The highest BCUT2D eigenvalue weighted by Gasteiger charge is 2.35. The Kier molecular flexibility index (Phi) is 6.70. The van der Waals surface area contributed by atoms with Gasteiger partial charge in [0.25, 0.3) is 0 Å². The predicted molar refractivity (Wildman–Crippen MR) is 99.5 cm³/mol. The van der Waals surface area contributed by atoms with Gasteiger partial charge >= 0.3 is 6.03 Å². The van der Waals surface area contributed by atoms with Gasteiger partial charge in [0, 0.05) is 38.3 Å². The number of carbonyl (C=O) groups excluding carboxylic acids is 1. The zero-order valence-electron chi connectivity index (χ0n) is 15.3. The highest BCUT2D eigenvalue weighted by atomic mass is 16.5. The molecule has 2 aliphatic rings. The van der Waals surface area contributed by atoms with Gasteiger partial charge in [-0.05, 0) is 44.7 Å². The molecule has 0 aromatic heterocycles. The molecular weight excluding hydrogens is 314 g/mol. The highest BCUT2D eigenvalue weighted by molar-refractivity contribution is 5.74. The minimum Gasteiger partial charge on any atom is -0.377 e. The Morgan fingerprint density at radius 2 is 1.96 bits per heavy atom. The summed E-state index contributed by atoms with van der Waals surface area (Å²) in [6, 6.07) is 11.5. The molecule has 138 valence electrons. The fourth-order valence-electron chi connectivity index (χ4n) is 3.89. The monoisotopic (exact) mass is 345 g/mol. The molecule has 2 bridgehead atoms. The number of amides is 2. The lowest BCUT2D eigenvalue weighted by Crippen LogP contribution is -2.45. The fourth-order valence-corrected chi connectivity index (χ4v) is 3.89. The van der Waals surface area contributed by atoms with E-state index in [9.17, 15) is 4.79 Å². The molecule has 3 rings (SSSR count). The minimum absolute atomic E-state index is 0.103. The van der Waals surface area contributed by atoms with E-state index in [-0.39, 0.29) is 6.03 Å². The molecule has 1 aromatic carbocycles. The van der Waals surface area contributed by atoms with Crippen molar-refractivity contribution in [2.24, 2.45) is 0 Å². The lowest BCUT2D eigenvalue weighted by Gasteiger charge is -2.26. The van der Waals surface area contributed by atoms with E-state index in [1.54, 1.807) is 0 Å². The molecule has 2 unspecified atom stereocenters. The second kappa shape index (κ2) is 9.20. The van der Waals surface area contributed by atoms with Crippen LogP contribution in [0.5, 0.6) is 0 Å². The number of hydrogen-bond acceptors (Lipinski definition) is 3. The van der Waals surface area contributed by atoms with Crippen molar-refractivity contribution in [3.63, 3.8) is 0 Å². The average molecular weight is 345 g/mol. The van der Waals surface area contributed by atoms with Crippen LogP contribution in [0.3, 0.4) is 0 Å². The van der Waals surface area contributed by atoms with Crippen LogP contribution in [0, 0.1) is 0 Å². The second-order valence-electron chi connectivity index (χ2n) is 7.26. The van der Waals surface area contributed by atoms with E-state index in [2.05, 4.69) is 29.4 Å². The van der Waals surface area contributed by atoms with Gasteiger partial charge in [-0.2, -0.15) is 0 Å². The van der Waals surface area contributed by atoms with Crippen LogP contribution >= 0.6 is 0 Å². The maximum atomic E-state index is 12.4. The van der Waals surface area contributed by atoms with Crippen LogP contribution in [0.1, 0.15) is 37.7 Å². The SMILES string of the molecule is CN1C2CCC1CN(C(=O)NCCCCOCc1ccccc1)CC2. The number of urea groups is 1. The quantitative estimate of drug-likeness (QED) is 0.773. The molecular formula is C20H31N3O2. The summed E-state index contributed by atoms with van der Waals surface area (Å²) in [5.74, 6) is 0. The summed E-state index contributed by atoms with van der Waals surface area (Å²) in [4.78, 5) is 16.8. The van der Waals surface area contributed by atoms with Gasteiger partial charge in [-0.25, -0.2) is 4.79 Å². The lowest BCUT2D eigenvalue weighted by atomic mass is 10.1. The van der Waals surface area contributed by atoms with Crippen molar-refractivity contribution < 1.29 is 9.53 Å². The van der Waals surface area contributed by atoms with Crippen LogP contribution in [0.15, 0.2) is 30.3 Å². The maximum absolute atomic E-state index is 12.4. The zero-order valence-corrected chi connectivity index (χ0v) is 15.3. The van der Waals surface area contributed by atoms with E-state index in [1.807, 2.05) is 23.1 Å². The van der Waals surface area contributed by atoms with Crippen LogP contribution < -0.4 is 5.32 Å². The van der Waals surface area contributed by atoms with Crippen LogP contribution in [-0.2, 0) is 11.3 Å². The van der Waals surface area contributed by atoms with Gasteiger partial charge in [0.2, 0.25) is 0 Å². The summed E-state index contributed by atoms with van der Waals surface area (Å²) in [7, 11) is 2.21. The van der Waals surface area contributed by atoms with Gasteiger partial charge < -0.3 is 15.0 Å². The van der Waals surface area contributed by atoms with Crippen LogP contribution in [-0.4, -0.2) is 61.2 Å². The van der Waals surface area contributed by atoms with E-state index in [1.165, 1.54) is 18.4 Å². The van der Waals surface area contributed by atoms with E-state index < -0.39 is 0 Å².